The zero-order chi connectivity index (χ0) is 28.2. The molecular formula is C30H25ClN6O2S. The Bertz CT molecular complexity index is 1750. The van der Waals surface area contributed by atoms with Crippen LogP contribution in [0.15, 0.2) is 66.7 Å². The molecular weight excluding hydrogens is 544 g/mol. The lowest BCUT2D eigenvalue weighted by molar-refractivity contribution is 0.0953. The van der Waals surface area contributed by atoms with Gasteiger partial charge in [-0.2, -0.15) is 10.4 Å². The number of hydrogen-bond acceptors (Lipinski definition) is 7. The van der Waals surface area contributed by atoms with Gasteiger partial charge < -0.3 is 10.6 Å². The maximum atomic E-state index is 13.3. The summed E-state index contributed by atoms with van der Waals surface area (Å²) >= 11 is 7.67. The number of halogens is 1. The minimum Gasteiger partial charge on any atom is -0.369 e. The number of nitrogens with one attached hydrogen (secondary N) is 2. The Kier molecular flexibility index (Phi) is 7.91. The van der Waals surface area contributed by atoms with Crippen molar-refractivity contribution >= 4 is 50.7 Å². The molecule has 0 aliphatic rings. The lowest BCUT2D eigenvalue weighted by Gasteiger charge is -2.11. The van der Waals surface area contributed by atoms with Crippen LogP contribution in [-0.4, -0.2) is 39.5 Å². The smallest absolute Gasteiger partial charge is 0.251 e. The standard InChI is InChI=1S/C30H25ClN6O2S/c1-18-4-6-20(7-5-18)28(38)27-24(17-32)29(37(36-27)23-11-9-22(31)10-12-23)33-14-3-15-34-30(39)21-8-13-26-25(16-21)35-19(2)40-26/h4-13,16,33H,3,14-15H2,1-2H3,(H,34,39). The first-order chi connectivity index (χ1) is 19.3. The van der Waals surface area contributed by atoms with Crippen LogP contribution in [0.2, 0.25) is 5.02 Å². The topological polar surface area (TPSA) is 113 Å². The zero-order valence-electron chi connectivity index (χ0n) is 21.9. The number of aryl methyl sites for hydroxylation is 2. The molecule has 0 aliphatic heterocycles. The maximum absolute atomic E-state index is 13.3. The van der Waals surface area contributed by atoms with Crippen LogP contribution in [0.1, 0.15) is 49.0 Å². The minimum atomic E-state index is -0.341. The quantitative estimate of drug-likeness (QED) is 0.164. The van der Waals surface area contributed by atoms with E-state index in [2.05, 4.69) is 26.8 Å². The molecule has 0 unspecified atom stereocenters. The Labute approximate surface area is 240 Å². The number of thiazole rings is 1. The number of nitrogens with zero attached hydrogens (tertiary/aromatic N) is 4. The number of carbonyl (C=O) groups excluding carboxylic acids is 2. The molecule has 1 amide bonds. The van der Waals surface area contributed by atoms with Gasteiger partial charge in [0.25, 0.3) is 5.91 Å². The monoisotopic (exact) mass is 568 g/mol. The molecule has 0 saturated carbocycles. The SMILES string of the molecule is Cc1ccc(C(=O)c2nn(-c3ccc(Cl)cc3)c(NCCCNC(=O)c3ccc4sc(C)nc4c3)c2C#N)cc1. The lowest BCUT2D eigenvalue weighted by atomic mass is 10.0. The number of anilines is 1. The average molecular weight is 569 g/mol. The van der Waals surface area contributed by atoms with Gasteiger partial charge in [-0.1, -0.05) is 41.4 Å². The van der Waals surface area contributed by atoms with Crippen molar-refractivity contribution in [2.75, 3.05) is 18.4 Å². The highest BCUT2D eigenvalue weighted by Crippen LogP contribution is 2.27. The summed E-state index contributed by atoms with van der Waals surface area (Å²) in [6, 6.07) is 21.8. The summed E-state index contributed by atoms with van der Waals surface area (Å²) in [5, 5.41) is 22.3. The number of hydrogen-bond donors (Lipinski definition) is 2. The van der Waals surface area contributed by atoms with Gasteiger partial charge in [-0.05, 0) is 62.7 Å². The van der Waals surface area contributed by atoms with Crippen molar-refractivity contribution in [3.8, 4) is 11.8 Å². The Hall–Kier alpha value is -4.52. The highest BCUT2D eigenvalue weighted by atomic mass is 35.5. The fourth-order valence-electron chi connectivity index (χ4n) is 4.24. The third-order valence-electron chi connectivity index (χ3n) is 6.29. The molecule has 8 nitrogen and oxygen atoms in total. The minimum absolute atomic E-state index is 0.0600. The fourth-order valence-corrected chi connectivity index (χ4v) is 5.17. The second kappa shape index (κ2) is 11.7. The van der Waals surface area contributed by atoms with Crippen molar-refractivity contribution in [2.24, 2.45) is 0 Å². The summed E-state index contributed by atoms with van der Waals surface area (Å²) in [6.07, 6.45) is 0.571. The van der Waals surface area contributed by atoms with Crippen LogP contribution in [0.4, 0.5) is 5.82 Å². The first-order valence-corrected chi connectivity index (χ1v) is 13.8. The van der Waals surface area contributed by atoms with Crippen molar-refractivity contribution < 1.29 is 9.59 Å². The van der Waals surface area contributed by atoms with Crippen molar-refractivity contribution in [2.45, 2.75) is 20.3 Å². The molecule has 0 saturated heterocycles. The van der Waals surface area contributed by atoms with E-state index in [4.69, 9.17) is 11.6 Å². The molecule has 40 heavy (non-hydrogen) atoms. The van der Waals surface area contributed by atoms with Crippen molar-refractivity contribution in [3.63, 3.8) is 0 Å². The molecule has 0 bridgehead atoms. The summed E-state index contributed by atoms with van der Waals surface area (Å²) in [6.45, 7) is 4.72. The number of amides is 1. The van der Waals surface area contributed by atoms with Gasteiger partial charge in [0.15, 0.2) is 5.69 Å². The van der Waals surface area contributed by atoms with Crippen LogP contribution in [-0.2, 0) is 0 Å². The molecule has 200 valence electrons. The second-order valence-electron chi connectivity index (χ2n) is 9.22. The lowest BCUT2D eigenvalue weighted by Crippen LogP contribution is -2.26. The first kappa shape index (κ1) is 27.1. The highest BCUT2D eigenvalue weighted by Gasteiger charge is 2.25. The number of rotatable bonds is 9. The molecule has 5 rings (SSSR count). The third kappa shape index (κ3) is 5.73. The molecule has 3 aromatic carbocycles. The molecule has 0 fully saturated rings. The summed E-state index contributed by atoms with van der Waals surface area (Å²) in [5.74, 6) is -0.120. The molecule has 0 spiro atoms. The van der Waals surface area contributed by atoms with Gasteiger partial charge in [-0.25, -0.2) is 9.67 Å². The molecule has 2 heterocycles. The van der Waals surface area contributed by atoms with Gasteiger partial charge in [0.1, 0.15) is 17.5 Å². The van der Waals surface area contributed by atoms with E-state index in [-0.39, 0.29) is 22.9 Å². The van der Waals surface area contributed by atoms with Crippen molar-refractivity contribution in [3.05, 3.63) is 105 Å². The van der Waals surface area contributed by atoms with Gasteiger partial charge in [-0.3, -0.25) is 9.59 Å². The predicted molar refractivity (Wildman–Crippen MR) is 158 cm³/mol. The van der Waals surface area contributed by atoms with Crippen LogP contribution in [0, 0.1) is 25.2 Å². The van der Waals surface area contributed by atoms with Gasteiger partial charge >= 0.3 is 0 Å². The summed E-state index contributed by atoms with van der Waals surface area (Å²) in [7, 11) is 0. The van der Waals surface area contributed by atoms with E-state index in [1.807, 2.05) is 32.0 Å². The van der Waals surface area contributed by atoms with Gasteiger partial charge in [0, 0.05) is 29.2 Å². The van der Waals surface area contributed by atoms with Crippen molar-refractivity contribution in [1.29, 1.82) is 5.26 Å². The Morgan fingerprint density at radius 1 is 1.00 bits per heavy atom. The Balaban J connectivity index is 1.31. The first-order valence-electron chi connectivity index (χ1n) is 12.6. The van der Waals surface area contributed by atoms with Crippen LogP contribution >= 0.6 is 22.9 Å². The molecule has 10 heteroatoms. The molecule has 0 radical (unpaired) electrons. The summed E-state index contributed by atoms with van der Waals surface area (Å²) in [5.41, 5.74) is 3.69. The number of nitriles is 1. The van der Waals surface area contributed by atoms with E-state index in [0.29, 0.717) is 47.2 Å². The second-order valence-corrected chi connectivity index (χ2v) is 10.9. The summed E-state index contributed by atoms with van der Waals surface area (Å²) < 4.78 is 2.59. The zero-order valence-corrected chi connectivity index (χ0v) is 23.4. The largest absolute Gasteiger partial charge is 0.369 e. The number of aromatic nitrogens is 3. The van der Waals surface area contributed by atoms with Gasteiger partial charge in [0.2, 0.25) is 5.78 Å². The van der Waals surface area contributed by atoms with E-state index in [1.165, 1.54) is 0 Å². The Morgan fingerprint density at radius 2 is 1.73 bits per heavy atom. The number of benzene rings is 3. The predicted octanol–water partition coefficient (Wildman–Crippen LogP) is 6.09. The normalized spacial score (nSPS) is 10.8. The highest BCUT2D eigenvalue weighted by molar-refractivity contribution is 7.18. The maximum Gasteiger partial charge on any atom is 0.251 e. The van der Waals surface area contributed by atoms with Gasteiger partial charge in [0.05, 0.1) is 20.9 Å². The fraction of sp³-hybridized carbons (Fsp3) is 0.167. The molecule has 2 N–H and O–H groups in total. The third-order valence-corrected chi connectivity index (χ3v) is 7.49. The summed E-state index contributed by atoms with van der Waals surface area (Å²) in [4.78, 5) is 30.5. The van der Waals surface area contributed by atoms with E-state index < -0.39 is 0 Å². The number of fused-ring (bicyclic) bond motifs is 1. The molecule has 5 aromatic rings. The van der Waals surface area contributed by atoms with Gasteiger partial charge in [-0.15, -0.1) is 11.3 Å². The Morgan fingerprint density at radius 3 is 2.45 bits per heavy atom. The molecule has 2 aromatic heterocycles. The van der Waals surface area contributed by atoms with Crippen LogP contribution in [0.25, 0.3) is 15.9 Å². The molecule has 0 atom stereocenters. The number of ketones is 1. The van der Waals surface area contributed by atoms with Crippen molar-refractivity contribution in [1.82, 2.24) is 20.1 Å². The van der Waals surface area contributed by atoms with E-state index >= 15 is 0 Å². The van der Waals surface area contributed by atoms with E-state index in [0.717, 1.165) is 20.8 Å². The van der Waals surface area contributed by atoms with Crippen LogP contribution in [0.5, 0.6) is 0 Å². The van der Waals surface area contributed by atoms with E-state index in [1.54, 1.807) is 64.5 Å². The van der Waals surface area contributed by atoms with Crippen LogP contribution < -0.4 is 10.6 Å². The number of carbonyl (C=O) groups is 2. The average Bonchev–Trinajstić information content (AvgIpc) is 3.52. The van der Waals surface area contributed by atoms with E-state index in [9.17, 15) is 14.9 Å². The molecule has 0 aliphatic carbocycles. The van der Waals surface area contributed by atoms with Crippen LogP contribution in [0.3, 0.4) is 0 Å².